The predicted molar refractivity (Wildman–Crippen MR) is 103 cm³/mol. The number of ether oxygens (including phenoxy) is 1. The largest absolute Gasteiger partial charge is 0.495 e. The number of unbranched alkanes of at least 4 members (excludes halogenated alkanes) is 1. The fourth-order valence-corrected chi connectivity index (χ4v) is 2.70. The number of amides is 6. The van der Waals surface area contributed by atoms with Gasteiger partial charge in [-0.3, -0.25) is 24.1 Å². The summed E-state index contributed by atoms with van der Waals surface area (Å²) in [7, 11) is 1.47. The van der Waals surface area contributed by atoms with Crippen molar-refractivity contribution in [2.24, 2.45) is 0 Å². The van der Waals surface area contributed by atoms with Crippen LogP contribution in [0.2, 0.25) is 0 Å². The van der Waals surface area contributed by atoms with Gasteiger partial charge in [-0.25, -0.2) is 9.69 Å². The number of hydrogen-bond donors (Lipinski definition) is 2. The van der Waals surface area contributed by atoms with Crippen molar-refractivity contribution in [1.29, 1.82) is 0 Å². The molecule has 0 atom stereocenters. The molecule has 10 nitrogen and oxygen atoms in total. The van der Waals surface area contributed by atoms with Gasteiger partial charge in [0, 0.05) is 6.54 Å². The van der Waals surface area contributed by atoms with E-state index < -0.39 is 36.2 Å². The number of benzene rings is 1. The van der Waals surface area contributed by atoms with Gasteiger partial charge >= 0.3 is 17.8 Å². The highest BCUT2D eigenvalue weighted by molar-refractivity contribution is 6.45. The average Bonchev–Trinajstić information content (AvgIpc) is 2.88. The molecule has 0 unspecified atom stereocenters. The van der Waals surface area contributed by atoms with Crippen LogP contribution in [-0.2, 0) is 19.2 Å². The van der Waals surface area contributed by atoms with Gasteiger partial charge in [-0.1, -0.05) is 19.4 Å². The van der Waals surface area contributed by atoms with E-state index in [9.17, 15) is 24.0 Å². The third kappa shape index (κ3) is 5.31. The van der Waals surface area contributed by atoms with Crippen molar-refractivity contribution < 1.29 is 28.7 Å². The average molecular weight is 404 g/mol. The lowest BCUT2D eigenvalue weighted by Gasteiger charge is -2.15. The number of aryl methyl sites for hydroxylation is 1. The van der Waals surface area contributed by atoms with Crippen LogP contribution in [0.25, 0.3) is 0 Å². The van der Waals surface area contributed by atoms with Gasteiger partial charge in [-0.15, -0.1) is 0 Å². The predicted octanol–water partition coefficient (Wildman–Crippen LogP) is 0.649. The second kappa shape index (κ2) is 9.67. The molecule has 6 amide bonds. The Kier molecular flexibility index (Phi) is 7.29. The molecule has 0 bridgehead atoms. The van der Waals surface area contributed by atoms with E-state index in [1.807, 2.05) is 19.9 Å². The van der Waals surface area contributed by atoms with Gasteiger partial charge in [0.2, 0.25) is 11.8 Å². The van der Waals surface area contributed by atoms with Gasteiger partial charge in [0.05, 0.1) is 19.3 Å². The van der Waals surface area contributed by atoms with Gasteiger partial charge in [0.25, 0.3) is 0 Å². The van der Waals surface area contributed by atoms with Crippen molar-refractivity contribution >= 4 is 35.3 Å². The maximum absolute atomic E-state index is 12.2. The van der Waals surface area contributed by atoms with Crippen LogP contribution in [-0.4, -0.2) is 66.2 Å². The van der Waals surface area contributed by atoms with E-state index in [-0.39, 0.29) is 13.1 Å². The molecule has 10 heteroatoms. The molecule has 1 aliphatic heterocycles. The molecule has 1 aromatic carbocycles. The third-order valence-corrected chi connectivity index (χ3v) is 4.25. The van der Waals surface area contributed by atoms with E-state index in [2.05, 4.69) is 10.6 Å². The zero-order valence-electron chi connectivity index (χ0n) is 16.6. The summed E-state index contributed by atoms with van der Waals surface area (Å²) in [6, 6.07) is 4.43. The van der Waals surface area contributed by atoms with Gasteiger partial charge < -0.3 is 15.4 Å². The van der Waals surface area contributed by atoms with Gasteiger partial charge in [0.15, 0.2) is 0 Å². The van der Waals surface area contributed by atoms with E-state index >= 15 is 0 Å². The van der Waals surface area contributed by atoms with Crippen LogP contribution in [0.1, 0.15) is 25.3 Å². The summed E-state index contributed by atoms with van der Waals surface area (Å²) in [5.41, 5.74) is 1.36. The molecule has 2 rings (SSSR count). The number of imide groups is 2. The van der Waals surface area contributed by atoms with Crippen LogP contribution in [0.5, 0.6) is 5.75 Å². The van der Waals surface area contributed by atoms with E-state index in [1.165, 1.54) is 7.11 Å². The van der Waals surface area contributed by atoms with Crippen LogP contribution in [0.4, 0.5) is 10.5 Å². The summed E-state index contributed by atoms with van der Waals surface area (Å²) in [5.74, 6) is -2.77. The van der Waals surface area contributed by atoms with Crippen LogP contribution < -0.4 is 15.4 Å². The summed E-state index contributed by atoms with van der Waals surface area (Å²) in [6.45, 7) is 2.85. The molecule has 156 valence electrons. The van der Waals surface area contributed by atoms with Crippen molar-refractivity contribution in [2.75, 3.05) is 32.1 Å². The quantitative estimate of drug-likeness (QED) is 0.460. The number of nitrogens with zero attached hydrogens (tertiary/aromatic N) is 2. The Morgan fingerprint density at radius 3 is 2.41 bits per heavy atom. The number of anilines is 1. The van der Waals surface area contributed by atoms with Crippen molar-refractivity contribution in [1.82, 2.24) is 15.1 Å². The third-order valence-electron chi connectivity index (χ3n) is 4.25. The lowest BCUT2D eigenvalue weighted by molar-refractivity contribution is -0.144. The van der Waals surface area contributed by atoms with E-state index in [0.29, 0.717) is 22.8 Å². The minimum Gasteiger partial charge on any atom is -0.495 e. The lowest BCUT2D eigenvalue weighted by atomic mass is 10.2. The molecule has 29 heavy (non-hydrogen) atoms. The maximum atomic E-state index is 12.2. The van der Waals surface area contributed by atoms with Gasteiger partial charge in [0.1, 0.15) is 12.3 Å². The van der Waals surface area contributed by atoms with E-state index in [1.54, 1.807) is 12.1 Å². The Hall–Kier alpha value is -3.43. The minimum absolute atomic E-state index is 0.124. The molecule has 1 aliphatic rings. The van der Waals surface area contributed by atoms with E-state index in [4.69, 9.17) is 4.74 Å². The maximum Gasteiger partial charge on any atom is 0.334 e. The summed E-state index contributed by atoms with van der Waals surface area (Å²) in [4.78, 5) is 61.6. The Morgan fingerprint density at radius 2 is 1.76 bits per heavy atom. The van der Waals surface area contributed by atoms with Gasteiger partial charge in [-0.2, -0.15) is 0 Å². The molecule has 1 heterocycles. The number of nitrogens with one attached hydrogen (secondary N) is 2. The fraction of sp³-hybridized carbons (Fsp3) is 0.421. The highest BCUT2D eigenvalue weighted by atomic mass is 16.5. The van der Waals surface area contributed by atoms with Crippen LogP contribution in [0, 0.1) is 6.92 Å². The molecule has 0 radical (unpaired) electrons. The zero-order chi connectivity index (χ0) is 21.6. The number of carbonyl (C=O) groups is 5. The van der Waals surface area contributed by atoms with Crippen molar-refractivity contribution in [3.63, 3.8) is 0 Å². The summed E-state index contributed by atoms with van der Waals surface area (Å²) in [6.07, 6.45) is 1.31. The summed E-state index contributed by atoms with van der Waals surface area (Å²) >= 11 is 0. The van der Waals surface area contributed by atoms with Crippen LogP contribution in [0.15, 0.2) is 18.2 Å². The number of methoxy groups -OCH3 is 1. The Morgan fingerprint density at radius 1 is 1.07 bits per heavy atom. The smallest absolute Gasteiger partial charge is 0.334 e. The highest BCUT2D eigenvalue weighted by Crippen LogP contribution is 2.24. The zero-order valence-corrected chi connectivity index (χ0v) is 16.6. The number of carbonyl (C=O) groups excluding carboxylic acids is 5. The first-order valence-corrected chi connectivity index (χ1v) is 9.17. The van der Waals surface area contributed by atoms with Crippen molar-refractivity contribution in [3.8, 4) is 5.75 Å². The second-order valence-corrected chi connectivity index (χ2v) is 6.51. The monoisotopic (exact) mass is 404 g/mol. The summed E-state index contributed by atoms with van der Waals surface area (Å²) in [5, 5.41) is 4.95. The molecule has 2 N–H and O–H groups in total. The van der Waals surface area contributed by atoms with Crippen molar-refractivity contribution in [3.05, 3.63) is 23.8 Å². The van der Waals surface area contributed by atoms with Crippen molar-refractivity contribution in [2.45, 2.75) is 26.7 Å². The molecule has 0 aliphatic carbocycles. The van der Waals surface area contributed by atoms with Crippen LogP contribution >= 0.6 is 0 Å². The highest BCUT2D eigenvalue weighted by Gasteiger charge is 2.44. The molecule has 0 saturated carbocycles. The summed E-state index contributed by atoms with van der Waals surface area (Å²) < 4.78 is 5.17. The minimum atomic E-state index is -1.05. The molecule has 1 aromatic rings. The number of rotatable bonds is 9. The van der Waals surface area contributed by atoms with Crippen LogP contribution in [0.3, 0.4) is 0 Å². The normalized spacial score (nSPS) is 13.7. The molecular weight excluding hydrogens is 380 g/mol. The molecule has 0 aromatic heterocycles. The molecular formula is C19H24N4O6. The Labute approximate surface area is 168 Å². The topological polar surface area (TPSA) is 125 Å². The first-order chi connectivity index (χ1) is 13.8. The SMILES string of the molecule is CCCCN1C(=O)C(=O)N(CC(=O)NCC(=O)Nc2cc(C)ccc2OC)C1=O. The lowest BCUT2D eigenvalue weighted by Crippen LogP contribution is -2.43. The standard InChI is InChI=1S/C19H24N4O6/c1-4-5-8-22-17(26)18(27)23(19(22)28)11-16(25)20-10-15(24)21-13-9-12(2)6-7-14(13)29-3/h6-7,9H,4-5,8,10-11H2,1-3H3,(H,20,25)(H,21,24). The second-order valence-electron chi connectivity index (χ2n) is 6.51. The fourth-order valence-electron chi connectivity index (χ4n) is 2.70. The Balaban J connectivity index is 1.89. The van der Waals surface area contributed by atoms with Gasteiger partial charge in [-0.05, 0) is 31.0 Å². The molecule has 1 fully saturated rings. The Bertz CT molecular complexity index is 838. The number of urea groups is 1. The number of hydrogen-bond acceptors (Lipinski definition) is 6. The first-order valence-electron chi connectivity index (χ1n) is 9.17. The molecule has 1 saturated heterocycles. The van der Waals surface area contributed by atoms with E-state index in [0.717, 1.165) is 16.9 Å². The molecule has 0 spiro atoms. The first kappa shape index (κ1) is 21.9.